The Labute approximate surface area is 159 Å². The van der Waals surface area contributed by atoms with E-state index in [0.717, 1.165) is 29.8 Å². The highest BCUT2D eigenvalue weighted by atomic mass is 32.2. The number of nitrogens with one attached hydrogen (secondary N) is 1. The van der Waals surface area contributed by atoms with Gasteiger partial charge in [0.15, 0.2) is 0 Å². The van der Waals surface area contributed by atoms with Crippen molar-refractivity contribution in [3.05, 3.63) is 59.9 Å². The minimum Gasteiger partial charge on any atom is -0.379 e. The van der Waals surface area contributed by atoms with Crippen molar-refractivity contribution in [3.8, 4) is 5.75 Å². The maximum atomic E-state index is 12.9. The first-order valence-corrected chi connectivity index (χ1v) is 9.97. The van der Waals surface area contributed by atoms with Crippen LogP contribution in [0, 0.1) is 5.82 Å². The molecule has 0 aromatic heterocycles. The Kier molecular flexibility index (Phi) is 6.79. The van der Waals surface area contributed by atoms with Crippen LogP contribution in [0.4, 0.5) is 9.18 Å². The predicted molar refractivity (Wildman–Crippen MR) is 100 cm³/mol. The van der Waals surface area contributed by atoms with Gasteiger partial charge in [0.05, 0.1) is 0 Å². The molecule has 0 unspecified atom stereocenters. The van der Waals surface area contributed by atoms with Gasteiger partial charge in [-0.3, -0.25) is 0 Å². The summed E-state index contributed by atoms with van der Waals surface area (Å²) in [4.78, 5) is 13.7. The van der Waals surface area contributed by atoms with Crippen LogP contribution in [0.3, 0.4) is 0 Å². The minimum atomic E-state index is -4.04. The number of rotatable bonds is 7. The summed E-state index contributed by atoms with van der Waals surface area (Å²) in [5.41, 5.74) is 0.835. The molecule has 27 heavy (non-hydrogen) atoms. The average molecular weight is 394 g/mol. The Balaban J connectivity index is 2.10. The molecular weight excluding hydrogens is 371 g/mol. The molecule has 6 nitrogen and oxygen atoms in total. The van der Waals surface area contributed by atoms with Crippen LogP contribution in [0.15, 0.2) is 53.4 Å². The van der Waals surface area contributed by atoms with Gasteiger partial charge < -0.3 is 14.4 Å². The van der Waals surface area contributed by atoms with Crippen molar-refractivity contribution in [1.29, 1.82) is 0 Å². The summed E-state index contributed by atoms with van der Waals surface area (Å²) in [6, 6.07) is 10.7. The fourth-order valence-electron chi connectivity index (χ4n) is 2.36. The number of hydrogen-bond acceptors (Lipinski definition) is 4. The second-order valence-electron chi connectivity index (χ2n) is 6.19. The molecule has 2 rings (SSSR count). The van der Waals surface area contributed by atoms with Gasteiger partial charge in [0.2, 0.25) is 0 Å². The van der Waals surface area contributed by atoms with Crippen LogP contribution in [-0.4, -0.2) is 31.9 Å². The van der Waals surface area contributed by atoms with Gasteiger partial charge in [-0.1, -0.05) is 12.1 Å². The van der Waals surface area contributed by atoms with Crippen LogP contribution in [0.1, 0.15) is 26.3 Å². The first kappa shape index (κ1) is 20.7. The lowest BCUT2D eigenvalue weighted by Gasteiger charge is -2.27. The van der Waals surface area contributed by atoms with Crippen LogP contribution in [-0.2, 0) is 16.7 Å². The van der Waals surface area contributed by atoms with Crippen molar-refractivity contribution < 1.29 is 21.8 Å². The number of urea groups is 1. The second-order valence-corrected chi connectivity index (χ2v) is 7.74. The molecule has 2 aromatic rings. The molecule has 0 aliphatic heterocycles. The third-order valence-electron chi connectivity index (χ3n) is 3.80. The van der Waals surface area contributed by atoms with Crippen molar-refractivity contribution in [1.82, 2.24) is 10.2 Å². The quantitative estimate of drug-likeness (QED) is 0.729. The largest absolute Gasteiger partial charge is 0.379 e. The first-order chi connectivity index (χ1) is 12.7. The Morgan fingerprint density at radius 2 is 1.70 bits per heavy atom. The standard InChI is InChI=1S/C19H23FN2O4S/c1-4-21-19(23)22(14(2)3)13-15-5-9-17(10-6-15)26-27(24,25)18-11-7-16(20)8-12-18/h5-12,14H,4,13H2,1-3H3,(H,21,23). The maximum absolute atomic E-state index is 12.9. The summed E-state index contributed by atoms with van der Waals surface area (Å²) in [7, 11) is -4.04. The molecule has 0 saturated heterocycles. The molecule has 2 amide bonds. The molecule has 0 bridgehead atoms. The van der Waals surface area contributed by atoms with Crippen LogP contribution in [0.2, 0.25) is 0 Å². The van der Waals surface area contributed by atoms with Crippen molar-refractivity contribution in [2.45, 2.75) is 38.3 Å². The molecule has 0 spiro atoms. The number of benzene rings is 2. The highest BCUT2D eigenvalue weighted by molar-refractivity contribution is 7.87. The third-order valence-corrected chi connectivity index (χ3v) is 5.06. The van der Waals surface area contributed by atoms with Crippen LogP contribution in [0.25, 0.3) is 0 Å². The fourth-order valence-corrected chi connectivity index (χ4v) is 3.29. The summed E-state index contributed by atoms with van der Waals surface area (Å²) < 4.78 is 42.5. The highest BCUT2D eigenvalue weighted by Crippen LogP contribution is 2.20. The zero-order chi connectivity index (χ0) is 20.0. The molecular formula is C19H23FN2O4S. The second kappa shape index (κ2) is 8.85. The molecule has 146 valence electrons. The molecule has 0 radical (unpaired) electrons. The normalized spacial score (nSPS) is 11.3. The van der Waals surface area contributed by atoms with E-state index in [1.165, 1.54) is 12.1 Å². The van der Waals surface area contributed by atoms with E-state index in [1.54, 1.807) is 17.0 Å². The zero-order valence-electron chi connectivity index (χ0n) is 15.5. The SMILES string of the molecule is CCNC(=O)N(Cc1ccc(OS(=O)(=O)c2ccc(F)cc2)cc1)C(C)C. The molecule has 2 aromatic carbocycles. The van der Waals surface area contributed by atoms with Gasteiger partial charge in [-0.05, 0) is 62.7 Å². The number of carbonyl (C=O) groups is 1. The lowest BCUT2D eigenvalue weighted by Crippen LogP contribution is -2.43. The Morgan fingerprint density at radius 3 is 2.22 bits per heavy atom. The van der Waals surface area contributed by atoms with E-state index in [4.69, 9.17) is 4.18 Å². The minimum absolute atomic E-state index is 0.00586. The van der Waals surface area contributed by atoms with Crippen LogP contribution >= 0.6 is 0 Å². The van der Waals surface area contributed by atoms with E-state index < -0.39 is 15.9 Å². The molecule has 0 fully saturated rings. The monoisotopic (exact) mass is 394 g/mol. The van der Waals surface area contributed by atoms with E-state index in [1.807, 2.05) is 20.8 Å². The summed E-state index contributed by atoms with van der Waals surface area (Å²) in [6.45, 7) is 6.61. The van der Waals surface area contributed by atoms with E-state index >= 15 is 0 Å². The van der Waals surface area contributed by atoms with E-state index in [-0.39, 0.29) is 22.7 Å². The van der Waals surface area contributed by atoms with Gasteiger partial charge in [0, 0.05) is 19.1 Å². The van der Waals surface area contributed by atoms with Crippen LogP contribution < -0.4 is 9.50 Å². The lowest BCUT2D eigenvalue weighted by atomic mass is 10.2. The molecule has 0 atom stereocenters. The van der Waals surface area contributed by atoms with E-state index in [0.29, 0.717) is 13.1 Å². The van der Waals surface area contributed by atoms with Gasteiger partial charge in [0.25, 0.3) is 0 Å². The number of halogens is 1. The number of carbonyl (C=O) groups excluding carboxylic acids is 1. The number of hydrogen-bond donors (Lipinski definition) is 1. The summed E-state index contributed by atoms with van der Waals surface area (Å²) >= 11 is 0. The predicted octanol–water partition coefficient (Wildman–Crippen LogP) is 3.53. The van der Waals surface area contributed by atoms with Crippen molar-refractivity contribution >= 4 is 16.1 Å². The average Bonchev–Trinajstić information content (AvgIpc) is 2.61. The molecule has 8 heteroatoms. The zero-order valence-corrected chi connectivity index (χ0v) is 16.3. The Morgan fingerprint density at radius 1 is 1.11 bits per heavy atom. The van der Waals surface area contributed by atoms with E-state index in [9.17, 15) is 17.6 Å². The topological polar surface area (TPSA) is 75.7 Å². The van der Waals surface area contributed by atoms with Gasteiger partial charge >= 0.3 is 16.1 Å². The van der Waals surface area contributed by atoms with Crippen molar-refractivity contribution in [2.75, 3.05) is 6.54 Å². The highest BCUT2D eigenvalue weighted by Gasteiger charge is 2.18. The first-order valence-electron chi connectivity index (χ1n) is 8.56. The molecule has 0 saturated carbocycles. The smallest absolute Gasteiger partial charge is 0.339 e. The summed E-state index contributed by atoms with van der Waals surface area (Å²) in [6.07, 6.45) is 0. The Hall–Kier alpha value is -2.61. The van der Waals surface area contributed by atoms with Crippen LogP contribution in [0.5, 0.6) is 5.75 Å². The van der Waals surface area contributed by atoms with Gasteiger partial charge in [-0.2, -0.15) is 8.42 Å². The molecule has 0 aliphatic rings. The fraction of sp³-hybridized carbons (Fsp3) is 0.316. The van der Waals surface area contributed by atoms with Gasteiger partial charge in [-0.25, -0.2) is 9.18 Å². The number of nitrogens with zero attached hydrogens (tertiary/aromatic N) is 1. The van der Waals surface area contributed by atoms with E-state index in [2.05, 4.69) is 5.32 Å². The van der Waals surface area contributed by atoms with Gasteiger partial charge in [0.1, 0.15) is 16.5 Å². The van der Waals surface area contributed by atoms with Crippen molar-refractivity contribution in [2.24, 2.45) is 0 Å². The Bertz CT molecular complexity index is 866. The number of amides is 2. The molecule has 1 N–H and O–H groups in total. The lowest BCUT2D eigenvalue weighted by molar-refractivity contribution is 0.180. The molecule has 0 aliphatic carbocycles. The van der Waals surface area contributed by atoms with Crippen molar-refractivity contribution in [3.63, 3.8) is 0 Å². The maximum Gasteiger partial charge on any atom is 0.339 e. The summed E-state index contributed by atoms with van der Waals surface area (Å²) in [5, 5.41) is 2.77. The molecule has 0 heterocycles. The third kappa shape index (κ3) is 5.68. The summed E-state index contributed by atoms with van der Waals surface area (Å²) in [5.74, 6) is -0.391. The van der Waals surface area contributed by atoms with Gasteiger partial charge in [-0.15, -0.1) is 0 Å².